The van der Waals surface area contributed by atoms with Crippen molar-refractivity contribution in [2.75, 3.05) is 19.7 Å². The normalized spacial score (nSPS) is 19.8. The Kier molecular flexibility index (Phi) is 7.76. The van der Waals surface area contributed by atoms with Gasteiger partial charge in [0, 0.05) is 17.6 Å². The van der Waals surface area contributed by atoms with Crippen molar-refractivity contribution in [1.82, 2.24) is 14.7 Å². The molecule has 4 nitrogen and oxygen atoms in total. The van der Waals surface area contributed by atoms with Crippen molar-refractivity contribution in [1.29, 1.82) is 0 Å². The van der Waals surface area contributed by atoms with Crippen LogP contribution in [0.1, 0.15) is 69.4 Å². The molecule has 182 valence electrons. The predicted octanol–water partition coefficient (Wildman–Crippen LogP) is 7.11. The molecule has 0 spiro atoms. The summed E-state index contributed by atoms with van der Waals surface area (Å²) >= 11 is 6.09. The number of likely N-dealkylation sites (tertiary alicyclic amines) is 1. The lowest BCUT2D eigenvalue weighted by atomic mass is 9.85. The molecule has 34 heavy (non-hydrogen) atoms. The monoisotopic (exact) mass is 479 g/mol. The molecule has 1 aliphatic heterocycles. The van der Waals surface area contributed by atoms with Crippen LogP contribution >= 0.6 is 11.6 Å². The van der Waals surface area contributed by atoms with Crippen LogP contribution in [0.5, 0.6) is 5.88 Å². The molecule has 0 amide bonds. The molecule has 0 radical (unpaired) electrons. The highest BCUT2D eigenvalue weighted by Gasteiger charge is 2.20. The molecule has 1 aromatic heterocycles. The van der Waals surface area contributed by atoms with Gasteiger partial charge in [-0.15, -0.1) is 5.10 Å². The van der Waals surface area contributed by atoms with Crippen LogP contribution in [-0.4, -0.2) is 40.4 Å². The molecule has 0 N–H and O–H groups in total. The van der Waals surface area contributed by atoms with E-state index < -0.39 is 0 Å². The van der Waals surface area contributed by atoms with Gasteiger partial charge < -0.3 is 9.64 Å². The van der Waals surface area contributed by atoms with Gasteiger partial charge in [0.15, 0.2) is 0 Å². The van der Waals surface area contributed by atoms with Crippen molar-refractivity contribution < 1.29 is 4.74 Å². The number of benzene rings is 2. The molecule has 1 saturated carbocycles. The van der Waals surface area contributed by atoms with Gasteiger partial charge >= 0.3 is 0 Å². The molecule has 0 unspecified atom stereocenters. The van der Waals surface area contributed by atoms with Crippen LogP contribution in [0, 0.1) is 5.92 Å². The van der Waals surface area contributed by atoms with Crippen molar-refractivity contribution in [2.45, 2.75) is 77.3 Å². The molecular weight excluding hydrogens is 442 g/mol. The molecule has 1 aliphatic carbocycles. The smallest absolute Gasteiger partial charge is 0.240 e. The highest BCUT2D eigenvalue weighted by Crippen LogP contribution is 2.31. The number of rotatable bonds is 9. The quantitative estimate of drug-likeness (QED) is 0.306. The average molecular weight is 480 g/mol. The van der Waals surface area contributed by atoms with E-state index in [0.29, 0.717) is 19.2 Å². The minimum Gasteiger partial charge on any atom is -0.476 e. The van der Waals surface area contributed by atoms with E-state index in [-0.39, 0.29) is 0 Å². The lowest BCUT2D eigenvalue weighted by molar-refractivity contribution is 0.227. The summed E-state index contributed by atoms with van der Waals surface area (Å²) in [7, 11) is 0. The largest absolute Gasteiger partial charge is 0.476 e. The number of aromatic nitrogens is 2. The minimum absolute atomic E-state index is 0.710. The van der Waals surface area contributed by atoms with Crippen LogP contribution in [-0.2, 0) is 13.0 Å². The van der Waals surface area contributed by atoms with Gasteiger partial charge in [-0.1, -0.05) is 61.9 Å². The lowest BCUT2D eigenvalue weighted by Crippen LogP contribution is -2.28. The fourth-order valence-corrected chi connectivity index (χ4v) is 5.93. The molecule has 2 fully saturated rings. The maximum absolute atomic E-state index is 6.32. The van der Waals surface area contributed by atoms with Crippen molar-refractivity contribution in [3.05, 3.63) is 58.6 Å². The molecule has 2 heterocycles. The van der Waals surface area contributed by atoms with Crippen LogP contribution < -0.4 is 4.74 Å². The Labute approximate surface area is 209 Å². The average Bonchev–Trinajstić information content (AvgIpc) is 3.41. The molecule has 2 aliphatic rings. The SMILES string of the molecule is C[C@H]1CCCN1CCCOc1nn(Cc2ccc(Cl)cc2)c2ccc(CC3CCCCC3)cc12. The summed E-state index contributed by atoms with van der Waals surface area (Å²) in [6, 6.07) is 15.6. The number of hydrogen-bond acceptors (Lipinski definition) is 3. The van der Waals surface area contributed by atoms with Crippen LogP contribution in [0.3, 0.4) is 0 Å². The Morgan fingerprint density at radius 3 is 2.53 bits per heavy atom. The van der Waals surface area contributed by atoms with Crippen LogP contribution in [0.25, 0.3) is 10.9 Å². The second-order valence-electron chi connectivity index (χ2n) is 10.4. The van der Waals surface area contributed by atoms with E-state index in [1.165, 1.54) is 69.0 Å². The summed E-state index contributed by atoms with van der Waals surface area (Å²) in [4.78, 5) is 2.59. The zero-order valence-corrected chi connectivity index (χ0v) is 21.3. The number of halogens is 1. The number of fused-ring (bicyclic) bond motifs is 1. The van der Waals surface area contributed by atoms with Crippen LogP contribution in [0.2, 0.25) is 5.02 Å². The molecule has 2 aromatic carbocycles. The summed E-state index contributed by atoms with van der Waals surface area (Å²) < 4.78 is 8.40. The third-order valence-corrected chi connectivity index (χ3v) is 8.05. The lowest BCUT2D eigenvalue weighted by Gasteiger charge is -2.21. The molecule has 0 bridgehead atoms. The van der Waals surface area contributed by atoms with Crippen LogP contribution in [0.4, 0.5) is 0 Å². The summed E-state index contributed by atoms with van der Waals surface area (Å²) in [6.07, 6.45) is 11.8. The van der Waals surface area contributed by atoms with E-state index in [4.69, 9.17) is 21.4 Å². The number of ether oxygens (including phenoxy) is 1. The van der Waals surface area contributed by atoms with E-state index >= 15 is 0 Å². The zero-order valence-electron chi connectivity index (χ0n) is 20.5. The second-order valence-corrected chi connectivity index (χ2v) is 10.8. The van der Waals surface area contributed by atoms with Gasteiger partial charge in [0.25, 0.3) is 0 Å². The summed E-state index contributed by atoms with van der Waals surface area (Å²) in [5.41, 5.74) is 3.75. The Morgan fingerprint density at radius 2 is 1.76 bits per heavy atom. The van der Waals surface area contributed by atoms with Crippen molar-refractivity contribution in [2.24, 2.45) is 5.92 Å². The molecule has 1 saturated heterocycles. The summed E-state index contributed by atoms with van der Waals surface area (Å²) in [6.45, 7) is 6.10. The first-order valence-corrected chi connectivity index (χ1v) is 13.6. The molecular formula is C29H38ClN3O. The van der Waals surface area contributed by atoms with Gasteiger partial charge in [-0.3, -0.25) is 4.68 Å². The minimum atomic E-state index is 0.710. The highest BCUT2D eigenvalue weighted by atomic mass is 35.5. The van der Waals surface area contributed by atoms with Gasteiger partial charge in [0.05, 0.1) is 24.1 Å². The predicted molar refractivity (Wildman–Crippen MR) is 141 cm³/mol. The summed E-state index contributed by atoms with van der Waals surface area (Å²) in [5, 5.41) is 6.84. The molecule has 5 heteroatoms. The Hall–Kier alpha value is -2.04. The van der Waals surface area contributed by atoms with Gasteiger partial charge in [-0.25, -0.2) is 0 Å². The van der Waals surface area contributed by atoms with E-state index in [9.17, 15) is 0 Å². The van der Waals surface area contributed by atoms with Gasteiger partial charge in [-0.05, 0) is 80.5 Å². The van der Waals surface area contributed by atoms with Gasteiger partial charge in [0.1, 0.15) is 0 Å². The fourth-order valence-electron chi connectivity index (χ4n) is 5.80. The van der Waals surface area contributed by atoms with Crippen molar-refractivity contribution in [3.63, 3.8) is 0 Å². The van der Waals surface area contributed by atoms with Crippen molar-refractivity contribution in [3.8, 4) is 5.88 Å². The zero-order chi connectivity index (χ0) is 23.3. The van der Waals surface area contributed by atoms with Gasteiger partial charge in [0.2, 0.25) is 5.88 Å². The Bertz CT molecular complexity index is 1070. The van der Waals surface area contributed by atoms with E-state index in [1.54, 1.807) is 0 Å². The van der Waals surface area contributed by atoms with Gasteiger partial charge in [-0.2, -0.15) is 0 Å². The first-order valence-electron chi connectivity index (χ1n) is 13.3. The van der Waals surface area contributed by atoms with E-state index in [0.717, 1.165) is 40.7 Å². The first-order chi connectivity index (χ1) is 16.7. The highest BCUT2D eigenvalue weighted by molar-refractivity contribution is 6.30. The standard InChI is InChI=1S/C29H38ClN3O/c1-22-7-5-16-32(22)17-6-18-34-29-27-20-25(19-23-8-3-2-4-9-23)12-15-28(27)33(31-29)21-24-10-13-26(30)14-11-24/h10-15,20,22-23H,2-9,16-19,21H2,1H3/t22-/m0/s1. The molecule has 3 aromatic rings. The fraction of sp³-hybridized carbons (Fsp3) is 0.552. The topological polar surface area (TPSA) is 30.3 Å². The maximum atomic E-state index is 6.32. The third kappa shape index (κ3) is 5.78. The van der Waals surface area contributed by atoms with Crippen LogP contribution in [0.15, 0.2) is 42.5 Å². The summed E-state index contributed by atoms with van der Waals surface area (Å²) in [5.74, 6) is 1.60. The maximum Gasteiger partial charge on any atom is 0.240 e. The third-order valence-electron chi connectivity index (χ3n) is 7.79. The van der Waals surface area contributed by atoms with E-state index in [1.807, 2.05) is 12.1 Å². The molecule has 1 atom stereocenters. The number of hydrogen-bond donors (Lipinski definition) is 0. The first kappa shape index (κ1) is 23.7. The Morgan fingerprint density at radius 1 is 0.971 bits per heavy atom. The molecule has 5 rings (SSSR count). The van der Waals surface area contributed by atoms with Crippen molar-refractivity contribution >= 4 is 22.5 Å². The van der Waals surface area contributed by atoms with E-state index in [2.05, 4.69) is 46.8 Å². The second kappa shape index (κ2) is 11.1. The number of nitrogens with zero attached hydrogens (tertiary/aromatic N) is 3. The Balaban J connectivity index is 1.33.